The van der Waals surface area contributed by atoms with Gasteiger partial charge in [-0.1, -0.05) is 31.2 Å². The van der Waals surface area contributed by atoms with Gasteiger partial charge in [-0.3, -0.25) is 4.79 Å². The number of hydrogen-bond donors (Lipinski definition) is 1. The number of benzene rings is 2. The Labute approximate surface area is 155 Å². The minimum atomic E-state index is -0.324. The molecule has 1 aliphatic heterocycles. The van der Waals surface area contributed by atoms with E-state index in [1.165, 1.54) is 5.56 Å². The summed E-state index contributed by atoms with van der Waals surface area (Å²) in [5.74, 6) is 1.43. The quantitative estimate of drug-likeness (QED) is 0.869. The Bertz CT molecular complexity index is 780. The molecule has 0 bridgehead atoms. The van der Waals surface area contributed by atoms with Crippen LogP contribution in [-0.4, -0.2) is 18.1 Å². The standard InChI is InChI=1S/C22H27NO3/c1-5-16-7-9-17(10-8-16)25-14-21(24)23-19-13-22(3,4)26-20-12-15(2)6-11-18(19)20/h6-12,19H,5,13-14H2,1-4H3,(H,23,24)/t19-/m0/s1. The third-order valence-electron chi connectivity index (χ3n) is 4.66. The third-order valence-corrected chi connectivity index (χ3v) is 4.66. The lowest BCUT2D eigenvalue weighted by Crippen LogP contribution is -2.42. The van der Waals surface area contributed by atoms with Crippen molar-refractivity contribution in [2.45, 2.75) is 52.2 Å². The summed E-state index contributed by atoms with van der Waals surface area (Å²) < 4.78 is 11.7. The number of aryl methyl sites for hydroxylation is 2. The van der Waals surface area contributed by atoms with Crippen molar-refractivity contribution >= 4 is 5.91 Å². The van der Waals surface area contributed by atoms with E-state index in [1.807, 2.05) is 63.2 Å². The topological polar surface area (TPSA) is 47.6 Å². The predicted molar refractivity (Wildman–Crippen MR) is 103 cm³/mol. The van der Waals surface area contributed by atoms with Crippen LogP contribution in [0.4, 0.5) is 0 Å². The molecule has 2 aromatic rings. The van der Waals surface area contributed by atoms with Crippen molar-refractivity contribution in [3.05, 3.63) is 59.2 Å². The Morgan fingerprint density at radius 1 is 1.23 bits per heavy atom. The van der Waals surface area contributed by atoms with E-state index in [0.29, 0.717) is 5.75 Å². The zero-order valence-corrected chi connectivity index (χ0v) is 16.0. The molecule has 4 heteroatoms. The van der Waals surface area contributed by atoms with Gasteiger partial charge in [0.25, 0.3) is 5.91 Å². The molecular weight excluding hydrogens is 326 g/mol. The molecule has 0 unspecified atom stereocenters. The maximum absolute atomic E-state index is 12.4. The minimum Gasteiger partial charge on any atom is -0.487 e. The van der Waals surface area contributed by atoms with Crippen molar-refractivity contribution < 1.29 is 14.3 Å². The fraction of sp³-hybridized carbons (Fsp3) is 0.409. The molecule has 3 rings (SSSR count). The normalized spacial score (nSPS) is 17.8. The molecule has 0 radical (unpaired) electrons. The van der Waals surface area contributed by atoms with Crippen molar-refractivity contribution in [2.75, 3.05) is 6.61 Å². The molecule has 4 nitrogen and oxygen atoms in total. The molecule has 1 aliphatic rings. The predicted octanol–water partition coefficient (Wildman–Crippen LogP) is 4.35. The van der Waals surface area contributed by atoms with Gasteiger partial charge in [0.1, 0.15) is 17.1 Å². The fourth-order valence-corrected chi connectivity index (χ4v) is 3.29. The Morgan fingerprint density at radius 2 is 1.96 bits per heavy atom. The van der Waals surface area contributed by atoms with Crippen molar-refractivity contribution in [3.63, 3.8) is 0 Å². The highest BCUT2D eigenvalue weighted by molar-refractivity contribution is 5.78. The Balaban J connectivity index is 1.65. The van der Waals surface area contributed by atoms with Gasteiger partial charge in [-0.2, -0.15) is 0 Å². The summed E-state index contributed by atoms with van der Waals surface area (Å²) >= 11 is 0. The summed E-state index contributed by atoms with van der Waals surface area (Å²) in [6, 6.07) is 13.9. The van der Waals surface area contributed by atoms with Gasteiger partial charge in [0.05, 0.1) is 6.04 Å². The van der Waals surface area contributed by atoms with Gasteiger partial charge < -0.3 is 14.8 Å². The molecule has 1 atom stereocenters. The van der Waals surface area contributed by atoms with Gasteiger partial charge in [-0.05, 0) is 56.5 Å². The second kappa shape index (κ2) is 7.40. The van der Waals surface area contributed by atoms with E-state index in [2.05, 4.69) is 12.2 Å². The van der Waals surface area contributed by atoms with Crippen molar-refractivity contribution in [2.24, 2.45) is 0 Å². The van der Waals surface area contributed by atoms with Crippen LogP contribution in [0.3, 0.4) is 0 Å². The van der Waals surface area contributed by atoms with Crippen LogP contribution >= 0.6 is 0 Å². The fourth-order valence-electron chi connectivity index (χ4n) is 3.29. The molecule has 1 N–H and O–H groups in total. The summed E-state index contributed by atoms with van der Waals surface area (Å²) in [6.45, 7) is 8.24. The number of fused-ring (bicyclic) bond motifs is 1. The second-order valence-electron chi connectivity index (χ2n) is 7.51. The summed E-state index contributed by atoms with van der Waals surface area (Å²) in [6.07, 6.45) is 1.71. The van der Waals surface area contributed by atoms with Crippen LogP contribution in [-0.2, 0) is 11.2 Å². The average molecular weight is 353 g/mol. The zero-order chi connectivity index (χ0) is 18.7. The smallest absolute Gasteiger partial charge is 0.258 e. The molecule has 0 aromatic heterocycles. The van der Waals surface area contributed by atoms with Crippen molar-refractivity contribution in [1.29, 1.82) is 0 Å². The van der Waals surface area contributed by atoms with Crippen LogP contribution in [0.25, 0.3) is 0 Å². The molecule has 138 valence electrons. The van der Waals surface area contributed by atoms with E-state index >= 15 is 0 Å². The highest BCUT2D eigenvalue weighted by atomic mass is 16.5. The molecule has 0 saturated carbocycles. The second-order valence-corrected chi connectivity index (χ2v) is 7.51. The number of carbonyl (C=O) groups excluding carboxylic acids is 1. The Morgan fingerprint density at radius 3 is 2.65 bits per heavy atom. The molecule has 26 heavy (non-hydrogen) atoms. The summed E-state index contributed by atoms with van der Waals surface area (Å²) in [4.78, 5) is 12.4. The van der Waals surface area contributed by atoms with E-state index in [4.69, 9.17) is 9.47 Å². The molecule has 1 amide bonds. The van der Waals surface area contributed by atoms with Crippen LogP contribution in [0.15, 0.2) is 42.5 Å². The maximum atomic E-state index is 12.4. The molecule has 0 fully saturated rings. The molecular formula is C22H27NO3. The SMILES string of the molecule is CCc1ccc(OCC(=O)N[C@H]2CC(C)(C)Oc3cc(C)ccc32)cc1. The van der Waals surface area contributed by atoms with Crippen LogP contribution in [0.5, 0.6) is 11.5 Å². The lowest BCUT2D eigenvalue weighted by molar-refractivity contribution is -0.124. The van der Waals surface area contributed by atoms with Gasteiger partial charge in [-0.25, -0.2) is 0 Å². The van der Waals surface area contributed by atoms with Crippen LogP contribution in [0, 0.1) is 6.92 Å². The van der Waals surface area contributed by atoms with Crippen molar-refractivity contribution in [3.8, 4) is 11.5 Å². The minimum absolute atomic E-state index is 0.00442. The molecule has 0 spiro atoms. The van der Waals surface area contributed by atoms with Gasteiger partial charge in [-0.15, -0.1) is 0 Å². The Hall–Kier alpha value is -2.49. The van der Waals surface area contributed by atoms with E-state index in [1.54, 1.807) is 0 Å². The Kier molecular flexibility index (Phi) is 5.21. The van der Waals surface area contributed by atoms with Gasteiger partial charge in [0.2, 0.25) is 0 Å². The summed E-state index contributed by atoms with van der Waals surface area (Å²) in [5, 5.41) is 3.10. The largest absolute Gasteiger partial charge is 0.487 e. The van der Waals surface area contributed by atoms with E-state index in [9.17, 15) is 4.79 Å². The van der Waals surface area contributed by atoms with Gasteiger partial charge in [0.15, 0.2) is 6.61 Å². The highest BCUT2D eigenvalue weighted by Crippen LogP contribution is 2.39. The van der Waals surface area contributed by atoms with Crippen LogP contribution < -0.4 is 14.8 Å². The highest BCUT2D eigenvalue weighted by Gasteiger charge is 2.34. The van der Waals surface area contributed by atoms with E-state index < -0.39 is 0 Å². The number of ether oxygens (including phenoxy) is 2. The first kappa shape index (κ1) is 18.3. The van der Waals surface area contributed by atoms with Crippen LogP contribution in [0.2, 0.25) is 0 Å². The maximum Gasteiger partial charge on any atom is 0.258 e. The van der Waals surface area contributed by atoms with E-state index in [0.717, 1.165) is 29.7 Å². The first-order valence-corrected chi connectivity index (χ1v) is 9.17. The lowest BCUT2D eigenvalue weighted by atomic mass is 9.89. The van der Waals surface area contributed by atoms with Crippen molar-refractivity contribution in [1.82, 2.24) is 5.32 Å². The number of carbonyl (C=O) groups is 1. The molecule has 2 aromatic carbocycles. The third kappa shape index (κ3) is 4.37. The number of rotatable bonds is 5. The summed E-state index contributed by atoms with van der Waals surface area (Å²) in [7, 11) is 0. The first-order valence-electron chi connectivity index (χ1n) is 9.17. The monoisotopic (exact) mass is 353 g/mol. The molecule has 1 heterocycles. The number of amides is 1. The molecule has 0 saturated heterocycles. The number of hydrogen-bond acceptors (Lipinski definition) is 3. The average Bonchev–Trinajstić information content (AvgIpc) is 2.59. The van der Waals surface area contributed by atoms with Gasteiger partial charge >= 0.3 is 0 Å². The lowest BCUT2D eigenvalue weighted by Gasteiger charge is -2.38. The van der Waals surface area contributed by atoms with Crippen LogP contribution in [0.1, 0.15) is 49.9 Å². The van der Waals surface area contributed by atoms with Gasteiger partial charge in [0, 0.05) is 12.0 Å². The summed E-state index contributed by atoms with van der Waals surface area (Å²) in [5.41, 5.74) is 3.09. The zero-order valence-electron chi connectivity index (χ0n) is 16.0. The van der Waals surface area contributed by atoms with E-state index in [-0.39, 0.29) is 24.2 Å². The number of nitrogens with one attached hydrogen (secondary N) is 1. The molecule has 0 aliphatic carbocycles. The first-order chi connectivity index (χ1) is 12.4.